The molecule has 0 unspecified atom stereocenters. The zero-order valence-corrected chi connectivity index (χ0v) is 43.7. The second kappa shape index (κ2) is 25.8. The quantitative estimate of drug-likeness (QED) is 0.0668. The van der Waals surface area contributed by atoms with E-state index in [1.807, 2.05) is 74.6 Å². The first-order chi connectivity index (χ1) is 36.2. The Morgan fingerprint density at radius 3 is 2.03 bits per heavy atom. The van der Waals surface area contributed by atoms with Gasteiger partial charge in [-0.1, -0.05) is 197 Å². The molecule has 0 saturated heterocycles. The maximum Gasteiger partial charge on any atom is 0.0542 e. The van der Waals surface area contributed by atoms with Crippen LogP contribution in [-0.4, -0.2) is 4.57 Å². The van der Waals surface area contributed by atoms with Gasteiger partial charge in [-0.3, -0.25) is 0 Å². The van der Waals surface area contributed by atoms with E-state index in [2.05, 4.69) is 243 Å². The van der Waals surface area contributed by atoms with Crippen LogP contribution in [0.5, 0.6) is 0 Å². The van der Waals surface area contributed by atoms with Crippen molar-refractivity contribution in [2.45, 2.75) is 41.0 Å². The normalized spacial score (nSPS) is 13.8. The number of anilines is 4. The van der Waals surface area contributed by atoms with E-state index in [0.29, 0.717) is 0 Å². The summed E-state index contributed by atoms with van der Waals surface area (Å²) in [6.07, 6.45) is 52.0. The molecule has 0 bridgehead atoms. The monoisotopic (exact) mass is 965 g/mol. The molecule has 1 aromatic heterocycles. The fourth-order valence-electron chi connectivity index (χ4n) is 9.13. The second-order valence-corrected chi connectivity index (χ2v) is 17.6. The molecule has 0 saturated carbocycles. The Morgan fingerprint density at radius 1 is 0.595 bits per heavy atom. The fourth-order valence-corrected chi connectivity index (χ4v) is 9.13. The highest BCUT2D eigenvalue weighted by atomic mass is 15.2. The first-order valence-electron chi connectivity index (χ1n) is 25.2. The van der Waals surface area contributed by atoms with Crippen molar-refractivity contribution in [3.8, 4) is 0 Å². The van der Waals surface area contributed by atoms with Crippen LogP contribution in [0.15, 0.2) is 304 Å². The second-order valence-electron chi connectivity index (χ2n) is 17.6. The lowest BCUT2D eigenvalue weighted by atomic mass is 10.0. The molecule has 5 aromatic carbocycles. The molecular weight excluding hydrogens is 897 g/mol. The third kappa shape index (κ3) is 12.1. The first-order valence-corrected chi connectivity index (χ1v) is 25.2. The van der Waals surface area contributed by atoms with Crippen molar-refractivity contribution in [1.29, 1.82) is 0 Å². The van der Waals surface area contributed by atoms with Crippen molar-refractivity contribution >= 4 is 67.1 Å². The van der Waals surface area contributed by atoms with Crippen LogP contribution in [0.4, 0.5) is 22.7 Å². The molecule has 0 N–H and O–H groups in total. The number of benzene rings is 5. The van der Waals surface area contributed by atoms with E-state index in [1.54, 1.807) is 12.2 Å². The van der Waals surface area contributed by atoms with Gasteiger partial charge in [0.05, 0.1) is 22.4 Å². The average molecular weight is 965 g/mol. The van der Waals surface area contributed by atoms with Gasteiger partial charge in [0, 0.05) is 62.7 Å². The fraction of sp³-hybridized carbons (Fsp3) is 0.0857. The predicted octanol–water partition coefficient (Wildman–Crippen LogP) is 19.6. The summed E-state index contributed by atoms with van der Waals surface area (Å²) in [6, 6.07) is 34.9. The van der Waals surface area contributed by atoms with E-state index in [1.165, 1.54) is 11.1 Å². The van der Waals surface area contributed by atoms with Gasteiger partial charge in [0.15, 0.2) is 0 Å². The number of rotatable bonds is 21. The van der Waals surface area contributed by atoms with Crippen LogP contribution in [0.1, 0.15) is 45.7 Å². The van der Waals surface area contributed by atoms with Crippen molar-refractivity contribution in [2.24, 2.45) is 0 Å². The van der Waals surface area contributed by atoms with Gasteiger partial charge in [0.1, 0.15) is 0 Å². The van der Waals surface area contributed by atoms with E-state index in [4.69, 9.17) is 6.58 Å². The Bertz CT molecular complexity index is 3510. The molecule has 1 aliphatic rings. The summed E-state index contributed by atoms with van der Waals surface area (Å²) >= 11 is 0. The van der Waals surface area contributed by atoms with Crippen LogP contribution in [0, 0.1) is 0 Å². The average Bonchev–Trinajstić information content (AvgIpc) is 3.55. The van der Waals surface area contributed by atoms with E-state index in [-0.39, 0.29) is 0 Å². The summed E-state index contributed by atoms with van der Waals surface area (Å²) in [6.45, 7) is 31.6. The maximum atomic E-state index is 4.80. The third-order valence-corrected chi connectivity index (χ3v) is 12.8. The Morgan fingerprint density at radius 2 is 1.28 bits per heavy atom. The molecule has 6 aromatic rings. The third-order valence-electron chi connectivity index (χ3n) is 12.8. The summed E-state index contributed by atoms with van der Waals surface area (Å²) in [4.78, 5) is 6.77. The lowest BCUT2D eigenvalue weighted by molar-refractivity contribution is 1.13. The van der Waals surface area contributed by atoms with Gasteiger partial charge < -0.3 is 19.3 Å². The Balaban J connectivity index is 1.50. The molecule has 0 aliphatic heterocycles. The predicted molar refractivity (Wildman–Crippen MR) is 329 cm³/mol. The van der Waals surface area contributed by atoms with Crippen LogP contribution >= 0.6 is 0 Å². The standard InChI is InChI=1S/C70H68N4/c1-11-17-23-31-54(8)71(67-42-29-37-58-36-27-28-41-63(58)67)49-48-56(10)73-69-46-44-61(72(55(9)32-24-18-12-2)52-53(7)57(33-19-13-3)34-20-14-4)50-65(69)66-51-62(45-47-70(66)73)74(60(16-6)39-21-15-5)68-43-30-38-59-35-25-22-26-40-64(59)68/h11-39,41-52H,2-3,5,8,10,40H2,1,4,6-7,9H3/b17-11-,20-14-,24-18-,31-23-,33-19-,39-21-,49-48+,53-52+,55-32+,57-34-,60-16+. The molecule has 1 aliphatic carbocycles. The topological polar surface area (TPSA) is 14.7 Å². The molecule has 1 heterocycles. The molecular formula is C70H68N4. The van der Waals surface area contributed by atoms with Gasteiger partial charge in [0.2, 0.25) is 0 Å². The highest BCUT2D eigenvalue weighted by Gasteiger charge is 2.22. The van der Waals surface area contributed by atoms with Crippen LogP contribution < -0.4 is 14.7 Å². The number of aromatic nitrogens is 1. The van der Waals surface area contributed by atoms with Gasteiger partial charge in [-0.05, 0) is 142 Å². The minimum Gasteiger partial charge on any atom is -0.321 e. The zero-order valence-electron chi connectivity index (χ0n) is 43.7. The lowest BCUT2D eigenvalue weighted by Crippen LogP contribution is -2.17. The van der Waals surface area contributed by atoms with E-state index in [0.717, 1.165) is 95.7 Å². The molecule has 0 radical (unpaired) electrons. The minimum atomic E-state index is 0.791. The Kier molecular flexibility index (Phi) is 18.4. The van der Waals surface area contributed by atoms with E-state index in [9.17, 15) is 0 Å². The number of hydrogen-bond donors (Lipinski definition) is 0. The van der Waals surface area contributed by atoms with E-state index < -0.39 is 0 Å². The molecule has 0 atom stereocenters. The number of hydrogen-bond acceptors (Lipinski definition) is 3. The van der Waals surface area contributed by atoms with Gasteiger partial charge in [-0.2, -0.15) is 0 Å². The molecule has 368 valence electrons. The van der Waals surface area contributed by atoms with Gasteiger partial charge in [0.25, 0.3) is 0 Å². The maximum absolute atomic E-state index is 4.80. The molecule has 74 heavy (non-hydrogen) atoms. The van der Waals surface area contributed by atoms with Crippen LogP contribution in [0.2, 0.25) is 0 Å². The van der Waals surface area contributed by atoms with Crippen LogP contribution in [0.25, 0.3) is 44.4 Å². The first kappa shape index (κ1) is 52.7. The van der Waals surface area contributed by atoms with Gasteiger partial charge in [-0.25, -0.2) is 0 Å². The van der Waals surface area contributed by atoms with Crippen molar-refractivity contribution in [3.05, 3.63) is 315 Å². The zero-order chi connectivity index (χ0) is 52.4. The largest absolute Gasteiger partial charge is 0.321 e. The number of allylic oxidation sites excluding steroid dienone is 26. The Labute approximate surface area is 440 Å². The molecule has 7 rings (SSSR count). The molecule has 4 nitrogen and oxygen atoms in total. The summed E-state index contributed by atoms with van der Waals surface area (Å²) in [5, 5.41) is 4.42. The summed E-state index contributed by atoms with van der Waals surface area (Å²) in [7, 11) is 0. The van der Waals surface area contributed by atoms with Crippen molar-refractivity contribution in [1.82, 2.24) is 4.57 Å². The Hall–Kier alpha value is -9.12. The van der Waals surface area contributed by atoms with Crippen molar-refractivity contribution in [3.63, 3.8) is 0 Å². The smallest absolute Gasteiger partial charge is 0.0542 e. The minimum absolute atomic E-state index is 0.791. The molecule has 0 spiro atoms. The molecule has 0 fully saturated rings. The SMILES string of the molecule is C=C/C=C\C=C(/C)N(/C=C(C)/C(/C=C\C=C)=C\C=C/C)c1ccc2c(c1)c1cc(N(C(/C=C\C=C)=C/C)c3cccc4c3CC=CC=C4)ccc1n2C(=C)/C=C/N(C(=C)/C=C\C=C/C)c1cccc2ccccc12. The summed E-state index contributed by atoms with van der Waals surface area (Å²) in [5.74, 6) is 0. The van der Waals surface area contributed by atoms with Crippen LogP contribution in [-0.2, 0) is 6.42 Å². The number of nitrogens with zero attached hydrogens (tertiary/aromatic N) is 4. The molecule has 0 amide bonds. The highest BCUT2D eigenvalue weighted by Crippen LogP contribution is 2.42. The lowest BCUT2D eigenvalue weighted by Gasteiger charge is -2.29. The highest BCUT2D eigenvalue weighted by molar-refractivity contribution is 6.13. The summed E-state index contributed by atoms with van der Waals surface area (Å²) in [5.41, 5.74) is 14.4. The van der Waals surface area contributed by atoms with Gasteiger partial charge >= 0.3 is 0 Å². The number of fused-ring (bicyclic) bond motifs is 5. The van der Waals surface area contributed by atoms with E-state index >= 15 is 0 Å². The molecule has 4 heteroatoms. The summed E-state index contributed by atoms with van der Waals surface area (Å²) < 4.78 is 2.27. The van der Waals surface area contributed by atoms with Gasteiger partial charge in [-0.15, -0.1) is 0 Å². The van der Waals surface area contributed by atoms with Crippen molar-refractivity contribution < 1.29 is 0 Å². The van der Waals surface area contributed by atoms with Crippen molar-refractivity contribution in [2.75, 3.05) is 14.7 Å². The van der Waals surface area contributed by atoms with Crippen LogP contribution in [0.3, 0.4) is 0 Å².